The smallest absolute Gasteiger partial charge is 0.261 e. The van der Waals surface area contributed by atoms with Gasteiger partial charge in [0.25, 0.3) is 17.7 Å². The number of amides is 4. The third-order valence-corrected chi connectivity index (χ3v) is 6.64. The van der Waals surface area contributed by atoms with E-state index in [1.54, 1.807) is 24.3 Å². The van der Waals surface area contributed by atoms with Gasteiger partial charge in [0.2, 0.25) is 5.91 Å². The topological polar surface area (TPSA) is 95.6 Å². The summed E-state index contributed by atoms with van der Waals surface area (Å²) in [6.07, 6.45) is 3.84. The molecule has 0 radical (unpaired) electrons. The molecule has 2 aliphatic rings. The number of hydrogen-bond acceptors (Lipinski definition) is 5. The molecule has 0 saturated heterocycles. The van der Waals surface area contributed by atoms with Crippen LogP contribution < -0.4 is 10.6 Å². The van der Waals surface area contributed by atoms with Crippen molar-refractivity contribution in [2.45, 2.75) is 39.0 Å². The molecule has 1 aromatic heterocycles. The van der Waals surface area contributed by atoms with Gasteiger partial charge in [-0.2, -0.15) is 0 Å². The Morgan fingerprint density at radius 1 is 1.07 bits per heavy atom. The number of aryl methyl sites for hydroxylation is 1. The largest absolute Gasteiger partial charge is 0.352 e. The van der Waals surface area contributed by atoms with E-state index in [1.165, 1.54) is 11.3 Å². The molecule has 0 atom stereocenters. The third kappa shape index (κ3) is 3.63. The standard InChI is InChI=1S/C22H23N3O4S/c1-2-23-19(27)18-15-9-5-6-10-16(15)30-20(18)24-17(26)11-12-25-21(28)13-7-3-4-8-14(13)22(25)29/h3-4,7-8H,2,5-6,9-12H2,1H3,(H,23,27)(H,24,26). The highest BCUT2D eigenvalue weighted by Gasteiger charge is 2.35. The van der Waals surface area contributed by atoms with Crippen LogP contribution in [0, 0.1) is 0 Å². The van der Waals surface area contributed by atoms with Gasteiger partial charge >= 0.3 is 0 Å². The van der Waals surface area contributed by atoms with E-state index < -0.39 is 0 Å². The number of rotatable bonds is 6. The fourth-order valence-corrected chi connectivity index (χ4v) is 5.29. The minimum atomic E-state index is -0.377. The summed E-state index contributed by atoms with van der Waals surface area (Å²) in [5, 5.41) is 6.24. The van der Waals surface area contributed by atoms with E-state index >= 15 is 0 Å². The first-order chi connectivity index (χ1) is 14.5. The van der Waals surface area contributed by atoms with Crippen molar-refractivity contribution < 1.29 is 19.2 Å². The Morgan fingerprint density at radius 2 is 1.73 bits per heavy atom. The molecule has 2 heterocycles. The van der Waals surface area contributed by atoms with Crippen LogP contribution in [0.1, 0.15) is 67.7 Å². The van der Waals surface area contributed by atoms with Crippen molar-refractivity contribution in [2.24, 2.45) is 0 Å². The van der Waals surface area contributed by atoms with Crippen LogP contribution in [-0.2, 0) is 17.6 Å². The summed E-state index contributed by atoms with van der Waals surface area (Å²) in [6, 6.07) is 6.65. The highest BCUT2D eigenvalue weighted by Crippen LogP contribution is 2.38. The van der Waals surface area contributed by atoms with Gasteiger partial charge in [-0.15, -0.1) is 11.3 Å². The number of benzene rings is 1. The summed E-state index contributed by atoms with van der Waals surface area (Å²) in [5.41, 5.74) is 2.33. The minimum Gasteiger partial charge on any atom is -0.352 e. The van der Waals surface area contributed by atoms with Crippen LogP contribution in [0.5, 0.6) is 0 Å². The molecular formula is C22H23N3O4S. The van der Waals surface area contributed by atoms with Crippen molar-refractivity contribution in [3.8, 4) is 0 Å². The number of anilines is 1. The van der Waals surface area contributed by atoms with Crippen LogP contribution in [0.4, 0.5) is 5.00 Å². The summed E-state index contributed by atoms with van der Waals surface area (Å²) in [5.74, 6) is -1.25. The van der Waals surface area contributed by atoms with E-state index in [-0.39, 0.29) is 36.6 Å². The Labute approximate surface area is 178 Å². The Kier molecular flexibility index (Phi) is 5.67. The van der Waals surface area contributed by atoms with Gasteiger partial charge in [-0.3, -0.25) is 24.1 Å². The van der Waals surface area contributed by atoms with Crippen molar-refractivity contribution in [3.63, 3.8) is 0 Å². The molecule has 1 aromatic carbocycles. The third-order valence-electron chi connectivity index (χ3n) is 5.43. The number of nitrogens with one attached hydrogen (secondary N) is 2. The monoisotopic (exact) mass is 425 g/mol. The number of hydrogen-bond donors (Lipinski definition) is 2. The second kappa shape index (κ2) is 8.39. The van der Waals surface area contributed by atoms with Gasteiger partial charge in [0.1, 0.15) is 5.00 Å². The molecule has 7 nitrogen and oxygen atoms in total. The first-order valence-electron chi connectivity index (χ1n) is 10.2. The van der Waals surface area contributed by atoms with Gasteiger partial charge in [0, 0.05) is 24.4 Å². The van der Waals surface area contributed by atoms with Gasteiger partial charge in [0.15, 0.2) is 0 Å². The molecule has 2 N–H and O–H groups in total. The van der Waals surface area contributed by atoms with Gasteiger partial charge in [0.05, 0.1) is 16.7 Å². The molecule has 4 rings (SSSR count). The first-order valence-corrected chi connectivity index (χ1v) is 11.0. The number of carbonyl (C=O) groups is 4. The fraction of sp³-hybridized carbons (Fsp3) is 0.364. The van der Waals surface area contributed by atoms with E-state index in [2.05, 4.69) is 10.6 Å². The lowest BCUT2D eigenvalue weighted by molar-refractivity contribution is -0.116. The van der Waals surface area contributed by atoms with Crippen molar-refractivity contribution in [3.05, 3.63) is 51.4 Å². The number of imide groups is 1. The molecule has 8 heteroatoms. The first kappa shape index (κ1) is 20.3. The van der Waals surface area contributed by atoms with E-state index in [4.69, 9.17) is 0 Å². The van der Waals surface area contributed by atoms with Crippen LogP contribution in [-0.4, -0.2) is 41.6 Å². The van der Waals surface area contributed by atoms with E-state index in [1.807, 2.05) is 6.92 Å². The van der Waals surface area contributed by atoms with Gasteiger partial charge in [-0.05, 0) is 50.3 Å². The summed E-state index contributed by atoms with van der Waals surface area (Å²) < 4.78 is 0. The predicted octanol–water partition coefficient (Wildman–Crippen LogP) is 3.00. The van der Waals surface area contributed by atoms with Crippen LogP contribution in [0.25, 0.3) is 0 Å². The molecule has 0 spiro atoms. The summed E-state index contributed by atoms with van der Waals surface area (Å²) >= 11 is 1.45. The number of nitrogens with zero attached hydrogens (tertiary/aromatic N) is 1. The summed E-state index contributed by atoms with van der Waals surface area (Å²) in [4.78, 5) is 52.4. The van der Waals surface area contributed by atoms with Gasteiger partial charge < -0.3 is 10.6 Å². The Morgan fingerprint density at radius 3 is 2.40 bits per heavy atom. The molecule has 30 heavy (non-hydrogen) atoms. The molecule has 0 bridgehead atoms. The van der Waals surface area contributed by atoms with Crippen LogP contribution in [0.3, 0.4) is 0 Å². The average molecular weight is 426 g/mol. The van der Waals surface area contributed by atoms with Crippen molar-refractivity contribution in [1.29, 1.82) is 0 Å². The fourth-order valence-electron chi connectivity index (χ4n) is 3.99. The lowest BCUT2D eigenvalue weighted by atomic mass is 9.95. The Balaban J connectivity index is 1.46. The normalized spacial score (nSPS) is 15.0. The maximum Gasteiger partial charge on any atom is 0.261 e. The quantitative estimate of drug-likeness (QED) is 0.696. The molecule has 2 aromatic rings. The van der Waals surface area contributed by atoms with Gasteiger partial charge in [-0.25, -0.2) is 0 Å². The van der Waals surface area contributed by atoms with Crippen LogP contribution >= 0.6 is 11.3 Å². The summed E-state index contributed by atoms with van der Waals surface area (Å²) in [6.45, 7) is 2.37. The zero-order chi connectivity index (χ0) is 21.3. The van der Waals surface area contributed by atoms with E-state index in [0.29, 0.717) is 28.2 Å². The number of fused-ring (bicyclic) bond motifs is 2. The Bertz CT molecular complexity index is 1010. The van der Waals surface area contributed by atoms with Crippen molar-refractivity contribution in [1.82, 2.24) is 10.2 Å². The van der Waals surface area contributed by atoms with Crippen molar-refractivity contribution >= 4 is 40.0 Å². The maximum atomic E-state index is 12.6. The molecule has 0 saturated carbocycles. The SMILES string of the molecule is CCNC(=O)c1c(NC(=O)CCN2C(=O)c3ccccc3C2=O)sc2c1CCCC2. The molecular weight excluding hydrogens is 402 g/mol. The molecule has 1 aliphatic carbocycles. The molecule has 1 aliphatic heterocycles. The minimum absolute atomic E-state index is 0.000239. The highest BCUT2D eigenvalue weighted by atomic mass is 32.1. The average Bonchev–Trinajstić information content (AvgIpc) is 3.22. The van der Waals surface area contributed by atoms with Crippen LogP contribution in [0.15, 0.2) is 24.3 Å². The molecule has 0 unspecified atom stereocenters. The molecule has 156 valence electrons. The van der Waals surface area contributed by atoms with Crippen LogP contribution in [0.2, 0.25) is 0 Å². The van der Waals surface area contributed by atoms with E-state index in [0.717, 1.165) is 41.0 Å². The van der Waals surface area contributed by atoms with Gasteiger partial charge in [-0.1, -0.05) is 12.1 Å². The lowest BCUT2D eigenvalue weighted by Crippen LogP contribution is -2.33. The number of carbonyl (C=O) groups excluding carboxylic acids is 4. The van der Waals surface area contributed by atoms with Crippen molar-refractivity contribution in [2.75, 3.05) is 18.4 Å². The maximum absolute atomic E-state index is 12.6. The zero-order valence-corrected chi connectivity index (χ0v) is 17.6. The van der Waals surface area contributed by atoms with E-state index in [9.17, 15) is 19.2 Å². The molecule has 0 fully saturated rings. The predicted molar refractivity (Wildman–Crippen MR) is 114 cm³/mol. The zero-order valence-electron chi connectivity index (χ0n) is 16.7. The second-order valence-electron chi connectivity index (χ2n) is 7.38. The second-order valence-corrected chi connectivity index (χ2v) is 8.49. The number of thiophene rings is 1. The highest BCUT2D eigenvalue weighted by molar-refractivity contribution is 7.17. The molecule has 4 amide bonds. The lowest BCUT2D eigenvalue weighted by Gasteiger charge is -2.14. The summed E-state index contributed by atoms with van der Waals surface area (Å²) in [7, 11) is 0. The Hall–Kier alpha value is -3.00.